The Hall–Kier alpha value is -1.88. The summed E-state index contributed by atoms with van der Waals surface area (Å²) in [7, 11) is 0. The van der Waals surface area contributed by atoms with Crippen LogP contribution in [0.15, 0.2) is 30.3 Å². The Morgan fingerprint density at radius 3 is 2.70 bits per heavy atom. The summed E-state index contributed by atoms with van der Waals surface area (Å²) in [6.07, 6.45) is 4.91. The Kier molecular flexibility index (Phi) is 6.59. The molecule has 1 aliphatic carbocycles. The Bertz CT molecular complexity index is 518. The van der Waals surface area contributed by atoms with Gasteiger partial charge in [0.1, 0.15) is 12.6 Å². The van der Waals surface area contributed by atoms with Gasteiger partial charge in [-0.25, -0.2) is 0 Å². The van der Waals surface area contributed by atoms with Crippen LogP contribution in [0.4, 0.5) is 0 Å². The fraction of sp³-hybridized carbons (Fsp3) is 0.556. The first-order chi connectivity index (χ1) is 11.0. The van der Waals surface area contributed by atoms with Gasteiger partial charge in [-0.3, -0.25) is 9.59 Å². The quantitative estimate of drug-likeness (QED) is 0.804. The van der Waals surface area contributed by atoms with E-state index in [1.807, 2.05) is 30.3 Å². The van der Waals surface area contributed by atoms with Gasteiger partial charge in [-0.2, -0.15) is 0 Å². The van der Waals surface area contributed by atoms with Gasteiger partial charge in [-0.1, -0.05) is 50.1 Å². The first-order valence-corrected chi connectivity index (χ1v) is 8.29. The monoisotopic (exact) mass is 318 g/mol. The van der Waals surface area contributed by atoms with Crippen LogP contribution in [-0.4, -0.2) is 30.6 Å². The highest BCUT2D eigenvalue weighted by atomic mass is 16.5. The molecule has 0 heterocycles. The largest absolute Gasteiger partial charge is 0.368 e. The summed E-state index contributed by atoms with van der Waals surface area (Å²) >= 11 is 0. The van der Waals surface area contributed by atoms with Gasteiger partial charge in [0.25, 0.3) is 0 Å². The van der Waals surface area contributed by atoms with Crippen molar-refractivity contribution in [1.29, 1.82) is 0 Å². The van der Waals surface area contributed by atoms with Gasteiger partial charge in [-0.05, 0) is 24.3 Å². The van der Waals surface area contributed by atoms with Gasteiger partial charge in [-0.15, -0.1) is 0 Å². The number of carbonyl (C=O) groups is 2. The molecule has 1 aromatic carbocycles. The summed E-state index contributed by atoms with van der Waals surface area (Å²) < 4.78 is 5.68. The van der Waals surface area contributed by atoms with E-state index in [0.29, 0.717) is 12.3 Å². The number of rotatable bonds is 7. The molecule has 23 heavy (non-hydrogen) atoms. The molecular formula is C18H26N2O3. The number of amides is 2. The standard InChI is InChI=1S/C18H26N2O3/c1-13-6-5-9-15(10-13)23-12-17(21)20-16(18(19)22)11-14-7-3-2-4-8-14/h2-4,7-8,13,15-16H,5-6,9-12H2,1H3,(H2,19,22)(H,20,21). The van der Waals surface area contributed by atoms with E-state index < -0.39 is 11.9 Å². The van der Waals surface area contributed by atoms with E-state index in [1.165, 1.54) is 6.42 Å². The van der Waals surface area contributed by atoms with Gasteiger partial charge < -0.3 is 15.8 Å². The molecule has 2 amide bonds. The van der Waals surface area contributed by atoms with E-state index in [1.54, 1.807) is 0 Å². The lowest BCUT2D eigenvalue weighted by molar-refractivity contribution is -0.132. The highest BCUT2D eigenvalue weighted by Crippen LogP contribution is 2.25. The van der Waals surface area contributed by atoms with Crippen LogP contribution in [0.5, 0.6) is 0 Å². The summed E-state index contributed by atoms with van der Waals surface area (Å²) in [5.74, 6) is -0.176. The van der Waals surface area contributed by atoms with E-state index in [4.69, 9.17) is 10.5 Å². The van der Waals surface area contributed by atoms with Crippen molar-refractivity contribution >= 4 is 11.8 Å². The van der Waals surface area contributed by atoms with Crippen molar-refractivity contribution in [2.75, 3.05) is 6.61 Å². The minimum Gasteiger partial charge on any atom is -0.368 e. The molecular weight excluding hydrogens is 292 g/mol. The molecule has 0 aliphatic heterocycles. The van der Waals surface area contributed by atoms with Crippen molar-refractivity contribution in [1.82, 2.24) is 5.32 Å². The third-order valence-corrected chi connectivity index (χ3v) is 4.30. The maximum atomic E-state index is 12.0. The maximum absolute atomic E-state index is 12.0. The molecule has 1 fully saturated rings. The number of benzene rings is 1. The normalized spacial score (nSPS) is 22.3. The molecule has 3 unspecified atom stereocenters. The average molecular weight is 318 g/mol. The SMILES string of the molecule is CC1CCCC(OCC(=O)NC(Cc2ccccc2)C(N)=O)C1. The van der Waals surface area contributed by atoms with Crippen molar-refractivity contribution in [3.8, 4) is 0 Å². The van der Waals surface area contributed by atoms with E-state index >= 15 is 0 Å². The van der Waals surface area contributed by atoms with Crippen molar-refractivity contribution in [2.24, 2.45) is 11.7 Å². The first kappa shape index (κ1) is 17.5. The lowest BCUT2D eigenvalue weighted by atomic mass is 9.89. The number of primary amides is 1. The van der Waals surface area contributed by atoms with Crippen molar-refractivity contribution in [3.05, 3.63) is 35.9 Å². The molecule has 1 saturated carbocycles. The fourth-order valence-corrected chi connectivity index (χ4v) is 3.03. The Labute approximate surface area is 137 Å². The van der Waals surface area contributed by atoms with Crippen molar-refractivity contribution in [2.45, 2.75) is 51.2 Å². The first-order valence-electron chi connectivity index (χ1n) is 8.29. The molecule has 5 nitrogen and oxygen atoms in total. The van der Waals surface area contributed by atoms with Gasteiger partial charge in [0.2, 0.25) is 11.8 Å². The molecule has 126 valence electrons. The third-order valence-electron chi connectivity index (χ3n) is 4.30. The second-order valence-corrected chi connectivity index (χ2v) is 6.42. The molecule has 1 aromatic rings. The predicted octanol–water partition coefficient (Wildman–Crippen LogP) is 1.79. The number of nitrogens with one attached hydrogen (secondary N) is 1. The molecule has 1 aliphatic rings. The van der Waals surface area contributed by atoms with Gasteiger partial charge in [0.15, 0.2) is 0 Å². The van der Waals surface area contributed by atoms with Crippen LogP contribution in [0.3, 0.4) is 0 Å². The maximum Gasteiger partial charge on any atom is 0.246 e. The van der Waals surface area contributed by atoms with E-state index in [2.05, 4.69) is 12.2 Å². The van der Waals surface area contributed by atoms with Gasteiger partial charge in [0.05, 0.1) is 6.10 Å². The number of ether oxygens (including phenoxy) is 1. The summed E-state index contributed by atoms with van der Waals surface area (Å²) in [5, 5.41) is 2.68. The zero-order chi connectivity index (χ0) is 16.7. The summed E-state index contributed by atoms with van der Waals surface area (Å²) in [5.41, 5.74) is 6.35. The molecule has 0 aromatic heterocycles. The van der Waals surface area contributed by atoms with Crippen molar-refractivity contribution < 1.29 is 14.3 Å². The summed E-state index contributed by atoms with van der Waals surface area (Å²) in [6, 6.07) is 8.79. The van der Waals surface area contributed by atoms with Crippen LogP contribution in [-0.2, 0) is 20.7 Å². The molecule has 3 atom stereocenters. The number of nitrogens with two attached hydrogens (primary N) is 1. The van der Waals surface area contributed by atoms with E-state index in [0.717, 1.165) is 24.8 Å². The van der Waals surface area contributed by atoms with E-state index in [-0.39, 0.29) is 18.6 Å². The number of hydrogen-bond acceptors (Lipinski definition) is 3. The molecule has 2 rings (SSSR count). The lowest BCUT2D eigenvalue weighted by Crippen LogP contribution is -2.47. The van der Waals surface area contributed by atoms with Crippen LogP contribution in [0, 0.1) is 5.92 Å². The Morgan fingerprint density at radius 1 is 1.30 bits per heavy atom. The second-order valence-electron chi connectivity index (χ2n) is 6.42. The average Bonchev–Trinajstić information content (AvgIpc) is 2.53. The topological polar surface area (TPSA) is 81.4 Å². The molecule has 0 bridgehead atoms. The molecule has 5 heteroatoms. The third kappa shape index (κ3) is 6.02. The van der Waals surface area contributed by atoms with Crippen LogP contribution < -0.4 is 11.1 Å². The number of carbonyl (C=O) groups excluding carboxylic acids is 2. The van der Waals surface area contributed by atoms with Crippen molar-refractivity contribution in [3.63, 3.8) is 0 Å². The summed E-state index contributed by atoms with van der Waals surface area (Å²) in [6.45, 7) is 2.19. The zero-order valence-electron chi connectivity index (χ0n) is 13.7. The molecule has 0 saturated heterocycles. The minimum absolute atomic E-state index is 0.0179. The number of hydrogen-bond donors (Lipinski definition) is 2. The highest BCUT2D eigenvalue weighted by Gasteiger charge is 2.22. The fourth-order valence-electron chi connectivity index (χ4n) is 3.03. The highest BCUT2D eigenvalue weighted by molar-refractivity contribution is 5.87. The van der Waals surface area contributed by atoms with Crippen LogP contribution in [0.2, 0.25) is 0 Å². The molecule has 0 spiro atoms. The minimum atomic E-state index is -0.709. The second kappa shape index (κ2) is 8.67. The van der Waals surface area contributed by atoms with Crippen LogP contribution >= 0.6 is 0 Å². The summed E-state index contributed by atoms with van der Waals surface area (Å²) in [4.78, 5) is 23.6. The predicted molar refractivity (Wildman–Crippen MR) is 88.6 cm³/mol. The van der Waals surface area contributed by atoms with Crippen LogP contribution in [0.25, 0.3) is 0 Å². The van der Waals surface area contributed by atoms with Gasteiger partial charge in [0, 0.05) is 6.42 Å². The zero-order valence-corrected chi connectivity index (χ0v) is 13.7. The lowest BCUT2D eigenvalue weighted by Gasteiger charge is -2.26. The van der Waals surface area contributed by atoms with E-state index in [9.17, 15) is 9.59 Å². The molecule has 3 N–H and O–H groups in total. The Balaban J connectivity index is 1.80. The van der Waals surface area contributed by atoms with Crippen LogP contribution in [0.1, 0.15) is 38.2 Å². The smallest absolute Gasteiger partial charge is 0.246 e. The van der Waals surface area contributed by atoms with Gasteiger partial charge >= 0.3 is 0 Å². The Morgan fingerprint density at radius 2 is 2.04 bits per heavy atom. The molecule has 0 radical (unpaired) electrons.